The Balaban J connectivity index is 1.62. The number of aromatic amines is 1. The average Bonchev–Trinajstić information content (AvgIpc) is 3.53. The number of aliphatic hydroxyl groups is 1. The SMILES string of the molecule is O=C1NC(=O)C(c2c[nH]c3ccsc23)=C1c1nc(N2CCNCC2CO)nc2ccccc12. The number of piperazine rings is 1. The number of aliphatic hydroxyl groups excluding tert-OH is 1. The zero-order valence-corrected chi connectivity index (χ0v) is 18.3. The number of nitrogens with zero attached hydrogens (tertiary/aromatic N) is 3. The van der Waals surface area contributed by atoms with Gasteiger partial charge in [-0.15, -0.1) is 11.3 Å². The lowest BCUT2D eigenvalue weighted by molar-refractivity contribution is -0.122. The maximum absolute atomic E-state index is 13.1. The van der Waals surface area contributed by atoms with Gasteiger partial charge in [0.05, 0.1) is 45.2 Å². The molecular weight excluding hydrogens is 440 g/mol. The smallest absolute Gasteiger partial charge is 0.261 e. The fraction of sp³-hybridized carbons (Fsp3) is 0.217. The highest BCUT2D eigenvalue weighted by Gasteiger charge is 2.36. The first kappa shape index (κ1) is 20.0. The second-order valence-corrected chi connectivity index (χ2v) is 8.94. The van der Waals surface area contributed by atoms with E-state index in [0.717, 1.165) is 16.8 Å². The number of nitrogens with one attached hydrogen (secondary N) is 3. The molecule has 1 fully saturated rings. The maximum atomic E-state index is 13.1. The summed E-state index contributed by atoms with van der Waals surface area (Å²) in [7, 11) is 0. The molecule has 2 aliphatic heterocycles. The number of carbonyl (C=O) groups is 2. The number of para-hydroxylation sites is 1. The molecule has 0 saturated carbocycles. The lowest BCUT2D eigenvalue weighted by Crippen LogP contribution is -2.53. The first-order valence-corrected chi connectivity index (χ1v) is 11.5. The highest BCUT2D eigenvalue weighted by molar-refractivity contribution is 7.17. The van der Waals surface area contributed by atoms with E-state index >= 15 is 0 Å². The van der Waals surface area contributed by atoms with E-state index in [0.29, 0.717) is 46.8 Å². The minimum Gasteiger partial charge on any atom is -0.394 e. The normalized spacial score (nSPS) is 19.2. The van der Waals surface area contributed by atoms with E-state index in [9.17, 15) is 14.7 Å². The van der Waals surface area contributed by atoms with Crippen LogP contribution in [0.5, 0.6) is 0 Å². The number of hydrogen-bond donors (Lipinski definition) is 4. The topological polar surface area (TPSA) is 123 Å². The molecule has 2 amide bonds. The van der Waals surface area contributed by atoms with Crippen LogP contribution < -0.4 is 15.5 Å². The quantitative estimate of drug-likeness (QED) is 0.341. The van der Waals surface area contributed by atoms with Crippen LogP contribution in [-0.2, 0) is 9.59 Å². The first-order chi connectivity index (χ1) is 16.2. The van der Waals surface area contributed by atoms with E-state index in [1.807, 2.05) is 40.6 Å². The van der Waals surface area contributed by atoms with E-state index in [1.165, 1.54) is 11.3 Å². The standard InChI is InChI=1S/C23H20N6O3S/c30-11-12-9-24-6-7-29(12)23-26-15-4-2-1-3-13(15)19(27-23)18-17(21(31)28-22(18)32)14-10-25-16-5-8-33-20(14)16/h1-5,8,10,12,24-25,30H,6-7,9,11H2,(H,28,31,32). The van der Waals surface area contributed by atoms with Gasteiger partial charge in [-0.25, -0.2) is 9.97 Å². The Hall–Kier alpha value is -3.60. The molecule has 5 heterocycles. The zero-order chi connectivity index (χ0) is 22.5. The summed E-state index contributed by atoms with van der Waals surface area (Å²) in [5, 5.41) is 18.2. The predicted molar refractivity (Wildman–Crippen MR) is 127 cm³/mol. The molecule has 1 unspecified atom stereocenters. The van der Waals surface area contributed by atoms with E-state index in [1.54, 1.807) is 6.20 Å². The third-order valence-corrected chi connectivity index (χ3v) is 7.08. The molecular formula is C23H20N6O3S. The molecule has 3 aromatic heterocycles. The van der Waals surface area contributed by atoms with Crippen LogP contribution in [0.1, 0.15) is 11.3 Å². The van der Waals surface area contributed by atoms with Gasteiger partial charge in [0.1, 0.15) is 0 Å². The third kappa shape index (κ3) is 3.14. The van der Waals surface area contributed by atoms with Gasteiger partial charge in [0.25, 0.3) is 11.8 Å². The Bertz CT molecular complexity index is 1450. The van der Waals surface area contributed by atoms with Crippen molar-refractivity contribution < 1.29 is 14.7 Å². The molecule has 4 N–H and O–H groups in total. The Labute approximate surface area is 192 Å². The van der Waals surface area contributed by atoms with Crippen LogP contribution >= 0.6 is 11.3 Å². The molecule has 1 atom stereocenters. The largest absolute Gasteiger partial charge is 0.394 e. The van der Waals surface area contributed by atoms with Crippen molar-refractivity contribution in [3.05, 3.63) is 53.2 Å². The molecule has 2 aliphatic rings. The molecule has 4 aromatic rings. The predicted octanol–water partition coefficient (Wildman–Crippen LogP) is 1.51. The summed E-state index contributed by atoms with van der Waals surface area (Å²) in [5.74, 6) is -0.489. The van der Waals surface area contributed by atoms with Crippen molar-refractivity contribution in [2.75, 3.05) is 31.1 Å². The van der Waals surface area contributed by atoms with Gasteiger partial charge in [0, 0.05) is 36.8 Å². The van der Waals surface area contributed by atoms with E-state index in [-0.39, 0.29) is 18.2 Å². The van der Waals surface area contributed by atoms with Crippen molar-refractivity contribution in [1.29, 1.82) is 0 Å². The van der Waals surface area contributed by atoms with Gasteiger partial charge in [-0.05, 0) is 17.5 Å². The lowest BCUT2D eigenvalue weighted by atomic mass is 9.99. The van der Waals surface area contributed by atoms with E-state index < -0.39 is 11.8 Å². The van der Waals surface area contributed by atoms with Gasteiger partial charge in [0.15, 0.2) is 0 Å². The van der Waals surface area contributed by atoms with Gasteiger partial charge in [-0.2, -0.15) is 0 Å². The number of fused-ring (bicyclic) bond motifs is 2. The fourth-order valence-electron chi connectivity index (χ4n) is 4.54. The molecule has 6 rings (SSSR count). The average molecular weight is 461 g/mol. The second kappa shape index (κ2) is 7.77. The number of rotatable bonds is 4. The summed E-state index contributed by atoms with van der Waals surface area (Å²) in [6.07, 6.45) is 1.76. The van der Waals surface area contributed by atoms with Crippen molar-refractivity contribution in [3.8, 4) is 0 Å². The number of benzene rings is 1. The highest BCUT2D eigenvalue weighted by atomic mass is 32.1. The summed E-state index contributed by atoms with van der Waals surface area (Å²) in [6.45, 7) is 1.90. The van der Waals surface area contributed by atoms with Gasteiger partial charge in [0.2, 0.25) is 5.95 Å². The van der Waals surface area contributed by atoms with Gasteiger partial charge >= 0.3 is 0 Å². The molecule has 33 heavy (non-hydrogen) atoms. The summed E-state index contributed by atoms with van der Waals surface area (Å²) in [4.78, 5) is 40.7. The van der Waals surface area contributed by atoms with Crippen LogP contribution in [0.15, 0.2) is 41.9 Å². The minimum absolute atomic E-state index is 0.0504. The van der Waals surface area contributed by atoms with Crippen molar-refractivity contribution in [2.45, 2.75) is 6.04 Å². The Morgan fingerprint density at radius 1 is 1.12 bits per heavy atom. The lowest BCUT2D eigenvalue weighted by Gasteiger charge is -2.35. The number of anilines is 1. The van der Waals surface area contributed by atoms with Crippen molar-refractivity contribution >= 4 is 61.4 Å². The summed E-state index contributed by atoms with van der Waals surface area (Å²) >= 11 is 1.51. The third-order valence-electron chi connectivity index (χ3n) is 6.13. The molecule has 166 valence electrons. The van der Waals surface area contributed by atoms with Crippen LogP contribution in [0.2, 0.25) is 0 Å². The molecule has 0 aliphatic carbocycles. The van der Waals surface area contributed by atoms with Gasteiger partial charge in [-0.3, -0.25) is 14.9 Å². The van der Waals surface area contributed by atoms with Crippen molar-refractivity contribution in [3.63, 3.8) is 0 Å². The highest BCUT2D eigenvalue weighted by Crippen LogP contribution is 2.38. The van der Waals surface area contributed by atoms with E-state index in [4.69, 9.17) is 9.97 Å². The monoisotopic (exact) mass is 460 g/mol. The van der Waals surface area contributed by atoms with Gasteiger partial charge < -0.3 is 20.3 Å². The molecule has 1 aromatic carbocycles. The number of H-pyrrole nitrogens is 1. The summed E-state index contributed by atoms with van der Waals surface area (Å²) in [5.41, 5.74) is 3.22. The van der Waals surface area contributed by atoms with Crippen LogP contribution in [0, 0.1) is 0 Å². The minimum atomic E-state index is -0.477. The Kier molecular flexibility index (Phi) is 4.72. The fourth-order valence-corrected chi connectivity index (χ4v) is 5.42. The molecule has 0 bridgehead atoms. The molecule has 0 radical (unpaired) electrons. The molecule has 10 heteroatoms. The number of carbonyl (C=O) groups excluding carboxylic acids is 2. The van der Waals surface area contributed by atoms with Gasteiger partial charge in [-0.1, -0.05) is 18.2 Å². The molecule has 1 saturated heterocycles. The maximum Gasteiger partial charge on any atom is 0.261 e. The Morgan fingerprint density at radius 2 is 1.97 bits per heavy atom. The zero-order valence-electron chi connectivity index (χ0n) is 17.5. The number of thiophene rings is 1. The summed E-state index contributed by atoms with van der Waals surface area (Å²) < 4.78 is 0.911. The van der Waals surface area contributed by atoms with E-state index in [2.05, 4.69) is 15.6 Å². The molecule has 9 nitrogen and oxygen atoms in total. The summed E-state index contributed by atoms with van der Waals surface area (Å²) in [6, 6.07) is 9.21. The number of aromatic nitrogens is 3. The second-order valence-electron chi connectivity index (χ2n) is 8.02. The van der Waals surface area contributed by atoms with Crippen LogP contribution in [-0.4, -0.2) is 64.2 Å². The molecule has 0 spiro atoms. The number of amides is 2. The van der Waals surface area contributed by atoms with Crippen molar-refractivity contribution in [1.82, 2.24) is 25.6 Å². The van der Waals surface area contributed by atoms with Crippen LogP contribution in [0.3, 0.4) is 0 Å². The number of imide groups is 1. The number of hydrogen-bond acceptors (Lipinski definition) is 8. The van der Waals surface area contributed by atoms with Crippen LogP contribution in [0.4, 0.5) is 5.95 Å². The Morgan fingerprint density at radius 3 is 2.85 bits per heavy atom. The van der Waals surface area contributed by atoms with Crippen molar-refractivity contribution in [2.24, 2.45) is 0 Å². The first-order valence-electron chi connectivity index (χ1n) is 10.7. The van der Waals surface area contributed by atoms with Crippen LogP contribution in [0.25, 0.3) is 32.3 Å².